The lowest BCUT2D eigenvalue weighted by Crippen LogP contribution is -2.32. The van der Waals surface area contributed by atoms with Gasteiger partial charge >= 0.3 is 5.69 Å². The fraction of sp³-hybridized carbons (Fsp3) is 0.375. The van der Waals surface area contributed by atoms with Crippen molar-refractivity contribution >= 4 is 6.29 Å². The zero-order valence-corrected chi connectivity index (χ0v) is 7.40. The molecule has 1 N–H and O–H groups in total. The molecule has 0 saturated carbocycles. The average Bonchev–Trinajstić information content (AvgIpc) is 2.03. The first-order chi connectivity index (χ1) is 6.06. The van der Waals surface area contributed by atoms with Gasteiger partial charge in [-0.15, -0.1) is 0 Å². The largest absolute Gasteiger partial charge is 0.328 e. The van der Waals surface area contributed by atoms with Crippen LogP contribution in [-0.4, -0.2) is 15.8 Å². The summed E-state index contributed by atoms with van der Waals surface area (Å²) in [5.74, 6) is 0. The third-order valence-electron chi connectivity index (χ3n) is 1.68. The smallest absolute Gasteiger partial charge is 0.298 e. The second kappa shape index (κ2) is 3.38. The first-order valence-electron chi connectivity index (χ1n) is 3.87. The lowest BCUT2D eigenvalue weighted by atomic mass is 10.3. The maximum atomic E-state index is 11.1. The molecule has 13 heavy (non-hydrogen) atoms. The number of carbonyl (C=O) groups excluding carboxylic acids is 1. The first-order valence-corrected chi connectivity index (χ1v) is 3.87. The van der Waals surface area contributed by atoms with Crippen LogP contribution in [0.15, 0.2) is 15.8 Å². The molecule has 0 amide bonds. The number of rotatable bonds is 2. The minimum Gasteiger partial charge on any atom is -0.298 e. The molecule has 0 aliphatic heterocycles. The molecule has 70 valence electrons. The molecule has 0 radical (unpaired) electrons. The molecular formula is C8H10N2O3. The van der Waals surface area contributed by atoms with Crippen molar-refractivity contribution in [2.45, 2.75) is 19.9 Å². The monoisotopic (exact) mass is 182 g/mol. The highest BCUT2D eigenvalue weighted by atomic mass is 16.2. The van der Waals surface area contributed by atoms with E-state index in [1.807, 2.05) is 0 Å². The van der Waals surface area contributed by atoms with Gasteiger partial charge in [0.1, 0.15) is 0 Å². The summed E-state index contributed by atoms with van der Waals surface area (Å²) >= 11 is 0. The average molecular weight is 182 g/mol. The summed E-state index contributed by atoms with van der Waals surface area (Å²) in [6.45, 7) is 3.57. The van der Waals surface area contributed by atoms with E-state index in [1.165, 1.54) is 10.8 Å². The van der Waals surface area contributed by atoms with Crippen molar-refractivity contribution in [3.63, 3.8) is 0 Å². The third-order valence-corrected chi connectivity index (χ3v) is 1.68. The molecule has 0 atom stereocenters. The van der Waals surface area contributed by atoms with Gasteiger partial charge in [-0.05, 0) is 13.8 Å². The van der Waals surface area contributed by atoms with E-state index < -0.39 is 11.2 Å². The van der Waals surface area contributed by atoms with Crippen LogP contribution in [0, 0.1) is 0 Å². The van der Waals surface area contributed by atoms with E-state index in [0.29, 0.717) is 6.29 Å². The van der Waals surface area contributed by atoms with Gasteiger partial charge in [0, 0.05) is 12.2 Å². The van der Waals surface area contributed by atoms with Crippen LogP contribution in [0.25, 0.3) is 0 Å². The maximum absolute atomic E-state index is 11.1. The van der Waals surface area contributed by atoms with E-state index in [2.05, 4.69) is 4.98 Å². The number of H-pyrrole nitrogens is 1. The van der Waals surface area contributed by atoms with Crippen LogP contribution in [0.2, 0.25) is 0 Å². The van der Waals surface area contributed by atoms with Crippen LogP contribution in [0.4, 0.5) is 0 Å². The molecule has 0 aliphatic carbocycles. The number of aromatic nitrogens is 2. The second-order valence-electron chi connectivity index (χ2n) is 2.96. The standard InChI is InChI=1S/C8H10N2O3/c1-5(2)10-3-6(4-11)7(12)9-8(10)13/h3-5H,1-2H3,(H,9,12,13). The third kappa shape index (κ3) is 1.74. The number of aldehydes is 1. The predicted molar refractivity (Wildman–Crippen MR) is 47.1 cm³/mol. The molecule has 1 rings (SSSR count). The topological polar surface area (TPSA) is 71.9 Å². The highest BCUT2D eigenvalue weighted by Crippen LogP contribution is 1.97. The van der Waals surface area contributed by atoms with Gasteiger partial charge in [0.25, 0.3) is 5.56 Å². The van der Waals surface area contributed by atoms with Crippen LogP contribution in [0.3, 0.4) is 0 Å². The molecule has 0 aliphatic rings. The summed E-state index contributed by atoms with van der Waals surface area (Å²) in [5.41, 5.74) is -1.17. The number of hydrogen-bond donors (Lipinski definition) is 1. The van der Waals surface area contributed by atoms with Crippen molar-refractivity contribution in [2.24, 2.45) is 0 Å². The molecule has 5 nitrogen and oxygen atoms in total. The van der Waals surface area contributed by atoms with Gasteiger partial charge in [0.15, 0.2) is 6.29 Å². The number of hydrogen-bond acceptors (Lipinski definition) is 3. The Morgan fingerprint density at radius 1 is 1.46 bits per heavy atom. The van der Waals surface area contributed by atoms with Crippen molar-refractivity contribution in [1.29, 1.82) is 0 Å². The van der Waals surface area contributed by atoms with Gasteiger partial charge in [-0.3, -0.25) is 19.1 Å². The Morgan fingerprint density at radius 2 is 2.08 bits per heavy atom. The Balaban J connectivity index is 3.48. The van der Waals surface area contributed by atoms with Crippen molar-refractivity contribution in [1.82, 2.24) is 9.55 Å². The second-order valence-corrected chi connectivity index (χ2v) is 2.96. The minimum absolute atomic E-state index is 0.0340. The Bertz CT molecular complexity index is 428. The molecule has 0 unspecified atom stereocenters. The van der Waals surface area contributed by atoms with Crippen LogP contribution >= 0.6 is 0 Å². The molecule has 1 aromatic heterocycles. The molecule has 0 saturated heterocycles. The summed E-state index contributed by atoms with van der Waals surface area (Å²) in [5, 5.41) is 0. The van der Waals surface area contributed by atoms with Crippen molar-refractivity contribution < 1.29 is 4.79 Å². The molecule has 5 heteroatoms. The molecule has 0 spiro atoms. The van der Waals surface area contributed by atoms with Gasteiger partial charge in [-0.1, -0.05) is 0 Å². The SMILES string of the molecule is CC(C)n1cc(C=O)c(=O)[nH]c1=O. The van der Waals surface area contributed by atoms with Gasteiger partial charge in [-0.25, -0.2) is 4.79 Å². The molecular weight excluding hydrogens is 172 g/mol. The Labute approximate surface area is 74.0 Å². The van der Waals surface area contributed by atoms with E-state index in [0.717, 1.165) is 0 Å². The van der Waals surface area contributed by atoms with Crippen LogP contribution in [0.5, 0.6) is 0 Å². The Hall–Kier alpha value is -1.65. The van der Waals surface area contributed by atoms with E-state index in [1.54, 1.807) is 13.8 Å². The van der Waals surface area contributed by atoms with E-state index in [4.69, 9.17) is 0 Å². The minimum atomic E-state index is -0.642. The van der Waals surface area contributed by atoms with Crippen molar-refractivity contribution in [3.8, 4) is 0 Å². The zero-order valence-electron chi connectivity index (χ0n) is 7.40. The number of nitrogens with one attached hydrogen (secondary N) is 1. The van der Waals surface area contributed by atoms with Gasteiger partial charge < -0.3 is 0 Å². The highest BCUT2D eigenvalue weighted by molar-refractivity contribution is 5.73. The van der Waals surface area contributed by atoms with E-state index in [9.17, 15) is 14.4 Å². The van der Waals surface area contributed by atoms with Crippen LogP contribution in [-0.2, 0) is 0 Å². The van der Waals surface area contributed by atoms with Crippen LogP contribution in [0.1, 0.15) is 30.2 Å². The van der Waals surface area contributed by atoms with Crippen molar-refractivity contribution in [3.05, 3.63) is 32.6 Å². The summed E-state index contributed by atoms with van der Waals surface area (Å²) in [6, 6.07) is -0.0805. The maximum Gasteiger partial charge on any atom is 0.328 e. The molecule has 0 bridgehead atoms. The predicted octanol–water partition coefficient (Wildman–Crippen LogP) is -0.0700. The summed E-state index contributed by atoms with van der Waals surface area (Å²) in [4.78, 5) is 34.5. The van der Waals surface area contributed by atoms with Crippen LogP contribution < -0.4 is 11.2 Å². The van der Waals surface area contributed by atoms with Gasteiger partial charge in [-0.2, -0.15) is 0 Å². The fourth-order valence-electron chi connectivity index (χ4n) is 0.968. The summed E-state index contributed by atoms with van der Waals surface area (Å²) in [6.07, 6.45) is 1.69. The number of carbonyl (C=O) groups is 1. The molecule has 0 fully saturated rings. The molecule has 1 heterocycles. The lowest BCUT2D eigenvalue weighted by Gasteiger charge is -2.07. The van der Waals surface area contributed by atoms with E-state index in [-0.39, 0.29) is 11.6 Å². The van der Waals surface area contributed by atoms with E-state index >= 15 is 0 Å². The number of nitrogens with zero attached hydrogens (tertiary/aromatic N) is 1. The van der Waals surface area contributed by atoms with Gasteiger partial charge in [0.05, 0.1) is 5.56 Å². The van der Waals surface area contributed by atoms with Crippen molar-refractivity contribution in [2.75, 3.05) is 0 Å². The fourth-order valence-corrected chi connectivity index (χ4v) is 0.968. The molecule has 0 aromatic carbocycles. The lowest BCUT2D eigenvalue weighted by molar-refractivity contribution is 0.112. The molecule has 1 aromatic rings. The normalized spacial score (nSPS) is 10.4. The summed E-state index contributed by atoms with van der Waals surface area (Å²) < 4.78 is 1.30. The quantitative estimate of drug-likeness (QED) is 0.651. The highest BCUT2D eigenvalue weighted by Gasteiger charge is 2.05. The zero-order chi connectivity index (χ0) is 10.0. The number of aromatic amines is 1. The Kier molecular flexibility index (Phi) is 2.46. The Morgan fingerprint density at radius 3 is 2.54 bits per heavy atom. The summed E-state index contributed by atoms with van der Waals surface area (Å²) in [7, 11) is 0. The first kappa shape index (κ1) is 9.44. The van der Waals surface area contributed by atoms with Gasteiger partial charge in [0.2, 0.25) is 0 Å².